The lowest BCUT2D eigenvalue weighted by molar-refractivity contribution is -0.132. The Morgan fingerprint density at radius 3 is 2.41 bits per heavy atom. The molecule has 1 fully saturated rings. The maximum Gasteiger partial charge on any atom is 0.260 e. The van der Waals surface area contributed by atoms with Crippen molar-refractivity contribution in [2.45, 2.75) is 19.4 Å². The van der Waals surface area contributed by atoms with Gasteiger partial charge in [-0.15, -0.1) is 0 Å². The van der Waals surface area contributed by atoms with Gasteiger partial charge in [0.05, 0.1) is 14.2 Å². The fourth-order valence-electron chi connectivity index (χ4n) is 3.24. The molecule has 1 aliphatic rings. The first-order chi connectivity index (χ1) is 14.0. The summed E-state index contributed by atoms with van der Waals surface area (Å²) >= 11 is 0. The number of ether oxygens (including phenoxy) is 3. The fraction of sp³-hybridized carbons (Fsp3) is 0.364. The zero-order valence-corrected chi connectivity index (χ0v) is 17.0. The molecule has 0 saturated carbocycles. The van der Waals surface area contributed by atoms with E-state index in [4.69, 9.17) is 14.2 Å². The van der Waals surface area contributed by atoms with Crippen LogP contribution in [0, 0.1) is 0 Å². The largest absolute Gasteiger partial charge is 0.493 e. The molecule has 154 valence electrons. The van der Waals surface area contributed by atoms with Crippen LogP contribution in [0.3, 0.4) is 0 Å². The second-order valence-corrected chi connectivity index (χ2v) is 6.87. The Labute approximate surface area is 170 Å². The van der Waals surface area contributed by atoms with Crippen molar-refractivity contribution < 1.29 is 23.8 Å². The first-order valence-electron chi connectivity index (χ1n) is 9.50. The number of anilines is 1. The number of likely N-dealkylation sites (N-methyl/N-ethyl adjacent to an activating group) is 1. The predicted molar refractivity (Wildman–Crippen MR) is 110 cm³/mol. The van der Waals surface area contributed by atoms with Crippen molar-refractivity contribution >= 4 is 17.5 Å². The molecule has 7 nitrogen and oxygen atoms in total. The number of rotatable bonds is 8. The van der Waals surface area contributed by atoms with Crippen LogP contribution in [0.4, 0.5) is 5.69 Å². The average molecular weight is 398 g/mol. The summed E-state index contributed by atoms with van der Waals surface area (Å²) in [6, 6.07) is 12.8. The Morgan fingerprint density at radius 1 is 1.07 bits per heavy atom. The molecule has 1 saturated heterocycles. The van der Waals surface area contributed by atoms with Crippen LogP contribution in [-0.2, 0) is 16.1 Å². The highest BCUT2D eigenvalue weighted by Crippen LogP contribution is 2.28. The van der Waals surface area contributed by atoms with E-state index in [9.17, 15) is 9.59 Å². The zero-order valence-electron chi connectivity index (χ0n) is 17.0. The summed E-state index contributed by atoms with van der Waals surface area (Å²) in [5.74, 6) is 1.86. The third kappa shape index (κ3) is 4.99. The van der Waals surface area contributed by atoms with Gasteiger partial charge in [-0.3, -0.25) is 9.59 Å². The lowest BCUT2D eigenvalue weighted by atomic mass is 10.2. The molecular formula is C22H26N2O5. The van der Waals surface area contributed by atoms with Gasteiger partial charge in [0.25, 0.3) is 5.91 Å². The van der Waals surface area contributed by atoms with E-state index in [1.807, 2.05) is 30.3 Å². The number of benzene rings is 2. The molecule has 3 rings (SSSR count). The monoisotopic (exact) mass is 398 g/mol. The summed E-state index contributed by atoms with van der Waals surface area (Å²) in [7, 11) is 4.89. The lowest BCUT2D eigenvalue weighted by Gasteiger charge is -2.19. The van der Waals surface area contributed by atoms with Gasteiger partial charge < -0.3 is 24.0 Å². The number of methoxy groups -OCH3 is 2. The van der Waals surface area contributed by atoms with Gasteiger partial charge in [-0.1, -0.05) is 6.07 Å². The molecule has 0 aliphatic carbocycles. The third-order valence-corrected chi connectivity index (χ3v) is 4.88. The van der Waals surface area contributed by atoms with E-state index in [1.165, 1.54) is 0 Å². The van der Waals surface area contributed by atoms with Gasteiger partial charge in [-0.05, 0) is 48.4 Å². The van der Waals surface area contributed by atoms with Crippen molar-refractivity contribution in [2.75, 3.05) is 39.3 Å². The Hall–Kier alpha value is -3.22. The standard InChI is InChI=1S/C22H26N2O5/c1-23(14-16-6-11-19(27-2)20(13-16)28-3)22(26)15-29-18-9-7-17(8-10-18)24-12-4-5-21(24)25/h6-11,13H,4-5,12,14-15H2,1-3H3. The van der Waals surface area contributed by atoms with Crippen molar-refractivity contribution in [2.24, 2.45) is 0 Å². The molecule has 0 atom stereocenters. The van der Waals surface area contributed by atoms with E-state index in [1.54, 1.807) is 43.2 Å². The Balaban J connectivity index is 1.53. The minimum Gasteiger partial charge on any atom is -0.493 e. The van der Waals surface area contributed by atoms with Crippen LogP contribution < -0.4 is 19.1 Å². The van der Waals surface area contributed by atoms with Gasteiger partial charge in [0.1, 0.15) is 5.75 Å². The van der Waals surface area contributed by atoms with E-state index in [0.29, 0.717) is 30.2 Å². The van der Waals surface area contributed by atoms with Crippen molar-refractivity contribution in [3.8, 4) is 17.2 Å². The first kappa shape index (κ1) is 20.5. The smallest absolute Gasteiger partial charge is 0.260 e. The Kier molecular flexibility index (Phi) is 6.59. The van der Waals surface area contributed by atoms with Crippen molar-refractivity contribution in [1.29, 1.82) is 0 Å². The molecule has 7 heteroatoms. The van der Waals surface area contributed by atoms with Crippen molar-refractivity contribution in [3.63, 3.8) is 0 Å². The second kappa shape index (κ2) is 9.32. The predicted octanol–water partition coefficient (Wildman–Crippen LogP) is 2.87. The second-order valence-electron chi connectivity index (χ2n) is 6.87. The van der Waals surface area contributed by atoms with E-state index < -0.39 is 0 Å². The van der Waals surface area contributed by atoms with E-state index in [0.717, 1.165) is 24.2 Å². The molecule has 0 unspecified atom stereocenters. The van der Waals surface area contributed by atoms with Crippen molar-refractivity contribution in [3.05, 3.63) is 48.0 Å². The van der Waals surface area contributed by atoms with Gasteiger partial charge in [0, 0.05) is 32.2 Å². The number of carbonyl (C=O) groups is 2. The van der Waals surface area contributed by atoms with Gasteiger partial charge in [-0.25, -0.2) is 0 Å². The zero-order chi connectivity index (χ0) is 20.8. The molecular weight excluding hydrogens is 372 g/mol. The van der Waals surface area contributed by atoms with Crippen LogP contribution >= 0.6 is 0 Å². The molecule has 1 heterocycles. The minimum atomic E-state index is -0.140. The van der Waals surface area contributed by atoms with Gasteiger partial charge in [0.15, 0.2) is 18.1 Å². The quantitative estimate of drug-likeness (QED) is 0.684. The average Bonchev–Trinajstić information content (AvgIpc) is 3.18. The summed E-state index contributed by atoms with van der Waals surface area (Å²) < 4.78 is 16.1. The maximum atomic E-state index is 12.4. The summed E-state index contributed by atoms with van der Waals surface area (Å²) in [5.41, 5.74) is 1.79. The number of carbonyl (C=O) groups excluding carboxylic acids is 2. The van der Waals surface area contributed by atoms with Gasteiger partial charge in [0.2, 0.25) is 5.91 Å². The SMILES string of the molecule is COc1ccc(CN(C)C(=O)COc2ccc(N3CCCC3=O)cc2)cc1OC. The number of amides is 2. The molecule has 0 N–H and O–H groups in total. The first-order valence-corrected chi connectivity index (χ1v) is 9.50. The van der Waals surface area contributed by atoms with E-state index in [-0.39, 0.29) is 18.4 Å². The molecule has 2 aromatic rings. The van der Waals surface area contributed by atoms with Crippen molar-refractivity contribution in [1.82, 2.24) is 4.90 Å². The molecule has 29 heavy (non-hydrogen) atoms. The highest BCUT2D eigenvalue weighted by atomic mass is 16.5. The van der Waals surface area contributed by atoms with E-state index in [2.05, 4.69) is 0 Å². The summed E-state index contributed by atoms with van der Waals surface area (Å²) in [4.78, 5) is 27.6. The molecule has 0 radical (unpaired) electrons. The molecule has 2 aromatic carbocycles. The minimum absolute atomic E-state index is 0.0637. The van der Waals surface area contributed by atoms with Gasteiger partial charge >= 0.3 is 0 Å². The summed E-state index contributed by atoms with van der Waals surface area (Å²) in [5, 5.41) is 0. The molecule has 0 spiro atoms. The highest BCUT2D eigenvalue weighted by Gasteiger charge is 2.21. The van der Waals surface area contributed by atoms with Crippen LogP contribution in [0.15, 0.2) is 42.5 Å². The number of hydrogen-bond donors (Lipinski definition) is 0. The Bertz CT molecular complexity index is 866. The van der Waals surface area contributed by atoms with Crippen LogP contribution in [0.2, 0.25) is 0 Å². The number of nitrogens with zero attached hydrogens (tertiary/aromatic N) is 2. The molecule has 0 aromatic heterocycles. The van der Waals surface area contributed by atoms with Gasteiger partial charge in [-0.2, -0.15) is 0 Å². The van der Waals surface area contributed by atoms with Crippen LogP contribution in [0.1, 0.15) is 18.4 Å². The topological polar surface area (TPSA) is 68.3 Å². The molecule has 2 amide bonds. The fourth-order valence-corrected chi connectivity index (χ4v) is 3.24. The maximum absolute atomic E-state index is 12.4. The highest BCUT2D eigenvalue weighted by molar-refractivity contribution is 5.95. The lowest BCUT2D eigenvalue weighted by Crippen LogP contribution is -2.31. The van der Waals surface area contributed by atoms with Crippen LogP contribution in [-0.4, -0.2) is 51.1 Å². The summed E-state index contributed by atoms with van der Waals surface area (Å²) in [6.45, 7) is 1.11. The molecule has 1 aliphatic heterocycles. The van der Waals surface area contributed by atoms with Crippen LogP contribution in [0.25, 0.3) is 0 Å². The van der Waals surface area contributed by atoms with E-state index >= 15 is 0 Å². The number of hydrogen-bond acceptors (Lipinski definition) is 5. The molecule has 0 bridgehead atoms. The normalized spacial score (nSPS) is 13.3. The van der Waals surface area contributed by atoms with Crippen LogP contribution in [0.5, 0.6) is 17.2 Å². The Morgan fingerprint density at radius 2 is 1.79 bits per heavy atom. The summed E-state index contributed by atoms with van der Waals surface area (Å²) in [6.07, 6.45) is 1.48. The third-order valence-electron chi connectivity index (χ3n) is 4.88.